The summed E-state index contributed by atoms with van der Waals surface area (Å²) in [5.41, 5.74) is 7.84. The minimum atomic E-state index is -0.481. The van der Waals surface area contributed by atoms with E-state index in [9.17, 15) is 4.79 Å². The average Bonchev–Trinajstić information content (AvgIpc) is 2.92. The highest BCUT2D eigenvalue weighted by Gasteiger charge is 2.20. The van der Waals surface area contributed by atoms with Gasteiger partial charge in [-0.1, -0.05) is 0 Å². The molecule has 102 valence electrons. The van der Waals surface area contributed by atoms with Crippen molar-refractivity contribution in [3.8, 4) is 0 Å². The Bertz CT molecular complexity index is 599. The molecule has 19 heavy (non-hydrogen) atoms. The number of nitrogens with two attached hydrogens (primary N) is 1. The summed E-state index contributed by atoms with van der Waals surface area (Å²) in [6.07, 6.45) is 1.79. The lowest BCUT2D eigenvalue weighted by atomic mass is 10.3. The highest BCUT2D eigenvalue weighted by molar-refractivity contribution is 5.93. The van der Waals surface area contributed by atoms with E-state index in [1.807, 2.05) is 6.92 Å². The van der Waals surface area contributed by atoms with Gasteiger partial charge < -0.3 is 10.5 Å². The molecule has 0 aliphatic carbocycles. The number of hydrogen-bond acceptors (Lipinski definition) is 5. The van der Waals surface area contributed by atoms with E-state index in [2.05, 4.69) is 10.2 Å². The van der Waals surface area contributed by atoms with Gasteiger partial charge in [-0.3, -0.25) is 9.36 Å². The summed E-state index contributed by atoms with van der Waals surface area (Å²) in [6, 6.07) is 1.79. The number of anilines is 1. The second-order valence-corrected chi connectivity index (χ2v) is 4.22. The summed E-state index contributed by atoms with van der Waals surface area (Å²) in [7, 11) is 1.80. The van der Waals surface area contributed by atoms with E-state index in [4.69, 9.17) is 10.5 Å². The van der Waals surface area contributed by atoms with Crippen LogP contribution in [0.25, 0.3) is 0 Å². The highest BCUT2D eigenvalue weighted by atomic mass is 16.5. The first-order valence-corrected chi connectivity index (χ1v) is 6.01. The van der Waals surface area contributed by atoms with E-state index >= 15 is 0 Å². The predicted molar refractivity (Wildman–Crippen MR) is 69.4 cm³/mol. The number of carbonyl (C=O) groups is 1. The van der Waals surface area contributed by atoms with Crippen LogP contribution in [0.1, 0.15) is 28.8 Å². The Labute approximate surface area is 111 Å². The molecule has 0 saturated carbocycles. The zero-order chi connectivity index (χ0) is 14.0. The summed E-state index contributed by atoms with van der Waals surface area (Å²) in [6.45, 7) is 4.33. The Hall–Kier alpha value is -2.31. The first kappa shape index (κ1) is 13.1. The number of esters is 1. The molecule has 2 N–H and O–H groups in total. The molecule has 2 aromatic heterocycles. The summed E-state index contributed by atoms with van der Waals surface area (Å²) in [5, 5.41) is 8.31. The Kier molecular flexibility index (Phi) is 3.55. The highest BCUT2D eigenvalue weighted by Crippen LogP contribution is 2.17. The topological polar surface area (TPSA) is 88.0 Å². The van der Waals surface area contributed by atoms with Crippen LogP contribution in [0.4, 0.5) is 5.69 Å². The Morgan fingerprint density at radius 3 is 2.79 bits per heavy atom. The first-order valence-electron chi connectivity index (χ1n) is 6.01. The molecule has 0 radical (unpaired) electrons. The van der Waals surface area contributed by atoms with Crippen molar-refractivity contribution >= 4 is 11.7 Å². The van der Waals surface area contributed by atoms with Gasteiger partial charge in [0.2, 0.25) is 0 Å². The molecular weight excluding hydrogens is 246 g/mol. The van der Waals surface area contributed by atoms with Gasteiger partial charge in [-0.15, -0.1) is 0 Å². The summed E-state index contributed by atoms with van der Waals surface area (Å²) in [4.78, 5) is 12.0. The Morgan fingerprint density at radius 2 is 2.21 bits per heavy atom. The zero-order valence-electron chi connectivity index (χ0n) is 11.3. The molecule has 2 aromatic rings. The summed E-state index contributed by atoms with van der Waals surface area (Å²) in [5.74, 6) is -0.481. The number of aryl methyl sites for hydroxylation is 3. The number of hydrogen-bond donors (Lipinski definition) is 1. The van der Waals surface area contributed by atoms with E-state index in [0.717, 1.165) is 0 Å². The normalized spacial score (nSPS) is 10.7. The van der Waals surface area contributed by atoms with Gasteiger partial charge >= 0.3 is 5.97 Å². The van der Waals surface area contributed by atoms with Crippen LogP contribution < -0.4 is 5.73 Å². The van der Waals surface area contributed by atoms with Crippen LogP contribution in [-0.4, -0.2) is 25.5 Å². The second-order valence-electron chi connectivity index (χ2n) is 4.22. The van der Waals surface area contributed by atoms with Gasteiger partial charge in [0.15, 0.2) is 5.69 Å². The maximum absolute atomic E-state index is 12.0. The second kappa shape index (κ2) is 5.13. The molecule has 0 saturated heterocycles. The Balaban J connectivity index is 2.12. The van der Waals surface area contributed by atoms with E-state index in [0.29, 0.717) is 29.3 Å². The number of carbonyl (C=O) groups excluding carboxylic acids is 1. The molecule has 0 unspecified atom stereocenters. The van der Waals surface area contributed by atoms with E-state index < -0.39 is 5.97 Å². The van der Waals surface area contributed by atoms with Crippen LogP contribution in [0.2, 0.25) is 0 Å². The molecule has 0 aromatic carbocycles. The zero-order valence-corrected chi connectivity index (χ0v) is 11.3. The molecule has 0 amide bonds. The van der Waals surface area contributed by atoms with Gasteiger partial charge in [-0.25, -0.2) is 4.79 Å². The third-order valence-electron chi connectivity index (χ3n) is 2.79. The first-order chi connectivity index (χ1) is 9.02. The van der Waals surface area contributed by atoms with Gasteiger partial charge in [0.05, 0.1) is 17.1 Å². The number of ether oxygens (including phenoxy) is 1. The molecule has 7 nitrogen and oxygen atoms in total. The number of rotatable bonds is 4. The molecule has 7 heteroatoms. The van der Waals surface area contributed by atoms with E-state index in [-0.39, 0.29) is 6.61 Å². The van der Waals surface area contributed by atoms with Crippen molar-refractivity contribution < 1.29 is 9.53 Å². The smallest absolute Gasteiger partial charge is 0.359 e. The molecule has 0 bridgehead atoms. The third kappa shape index (κ3) is 2.59. The van der Waals surface area contributed by atoms with Crippen LogP contribution >= 0.6 is 0 Å². The van der Waals surface area contributed by atoms with Crippen molar-refractivity contribution in [3.63, 3.8) is 0 Å². The lowest BCUT2D eigenvalue weighted by Crippen LogP contribution is -2.14. The van der Waals surface area contributed by atoms with Gasteiger partial charge in [0.25, 0.3) is 0 Å². The molecule has 0 fully saturated rings. The van der Waals surface area contributed by atoms with Crippen molar-refractivity contribution in [2.24, 2.45) is 7.05 Å². The van der Waals surface area contributed by atoms with Gasteiger partial charge in [-0.2, -0.15) is 10.2 Å². The molecule has 0 atom stereocenters. The molecule has 2 heterocycles. The maximum atomic E-state index is 12.0. The Morgan fingerprint density at radius 1 is 1.47 bits per heavy atom. The lowest BCUT2D eigenvalue weighted by Gasteiger charge is -2.05. The molecule has 0 aliphatic heterocycles. The summed E-state index contributed by atoms with van der Waals surface area (Å²) < 4.78 is 8.41. The summed E-state index contributed by atoms with van der Waals surface area (Å²) >= 11 is 0. The van der Waals surface area contributed by atoms with Crippen LogP contribution in [0.3, 0.4) is 0 Å². The maximum Gasteiger partial charge on any atom is 0.359 e. The monoisotopic (exact) mass is 263 g/mol. The van der Waals surface area contributed by atoms with Gasteiger partial charge in [-0.05, 0) is 19.9 Å². The molecule has 2 rings (SSSR count). The van der Waals surface area contributed by atoms with Crippen molar-refractivity contribution in [1.82, 2.24) is 19.6 Å². The van der Waals surface area contributed by atoms with Crippen LogP contribution in [-0.2, 0) is 24.9 Å². The SMILES string of the molecule is CCn1nc(C)c(N)c1C(=O)OCc1ccn(C)n1. The molecule has 0 aliphatic rings. The van der Waals surface area contributed by atoms with Crippen molar-refractivity contribution in [2.45, 2.75) is 27.0 Å². The fourth-order valence-electron chi connectivity index (χ4n) is 1.79. The molecular formula is C12H17N5O2. The largest absolute Gasteiger partial charge is 0.454 e. The molecule has 0 spiro atoms. The van der Waals surface area contributed by atoms with E-state index in [1.165, 1.54) is 0 Å². The van der Waals surface area contributed by atoms with Crippen LogP contribution in [0, 0.1) is 6.92 Å². The average molecular weight is 263 g/mol. The fourth-order valence-corrected chi connectivity index (χ4v) is 1.79. The number of nitrogen functional groups attached to an aromatic ring is 1. The minimum Gasteiger partial charge on any atom is -0.454 e. The van der Waals surface area contributed by atoms with Crippen molar-refractivity contribution in [3.05, 3.63) is 29.3 Å². The standard InChI is InChI=1S/C12H17N5O2/c1-4-17-11(10(13)8(2)14-17)12(18)19-7-9-5-6-16(3)15-9/h5-6H,4,7,13H2,1-3H3. The van der Waals surface area contributed by atoms with Crippen LogP contribution in [0.15, 0.2) is 12.3 Å². The minimum absolute atomic E-state index is 0.118. The van der Waals surface area contributed by atoms with Crippen molar-refractivity contribution in [1.29, 1.82) is 0 Å². The van der Waals surface area contributed by atoms with E-state index in [1.54, 1.807) is 35.6 Å². The number of aromatic nitrogens is 4. The lowest BCUT2D eigenvalue weighted by molar-refractivity contribution is 0.0454. The third-order valence-corrected chi connectivity index (χ3v) is 2.79. The van der Waals surface area contributed by atoms with Gasteiger partial charge in [0.1, 0.15) is 6.61 Å². The quantitative estimate of drug-likeness (QED) is 0.827. The fraction of sp³-hybridized carbons (Fsp3) is 0.417. The van der Waals surface area contributed by atoms with Crippen molar-refractivity contribution in [2.75, 3.05) is 5.73 Å². The van der Waals surface area contributed by atoms with Gasteiger partial charge in [0, 0.05) is 19.8 Å². The number of nitrogens with zero attached hydrogens (tertiary/aromatic N) is 4. The van der Waals surface area contributed by atoms with Crippen LogP contribution in [0.5, 0.6) is 0 Å². The predicted octanol–water partition coefficient (Wildman–Crippen LogP) is 0.884.